The molecule has 0 N–H and O–H groups in total. The van der Waals surface area contributed by atoms with Gasteiger partial charge >= 0.3 is 0 Å². The number of benzene rings is 1. The zero-order chi connectivity index (χ0) is 12.4. The standard InChI is InChI=1S/C14H17FN2O/c15-13-2-1-12-3-4-17(14(12)11-13)6-5-16-7-9-18-10-8-16/h1-4,11H,5-10H2. The van der Waals surface area contributed by atoms with Gasteiger partial charge in [0.1, 0.15) is 5.82 Å². The number of morpholine rings is 1. The average molecular weight is 248 g/mol. The van der Waals surface area contributed by atoms with E-state index in [-0.39, 0.29) is 5.82 Å². The second kappa shape index (κ2) is 5.08. The largest absolute Gasteiger partial charge is 0.379 e. The summed E-state index contributed by atoms with van der Waals surface area (Å²) in [6.45, 7) is 5.51. The van der Waals surface area contributed by atoms with Crippen LogP contribution in [0.25, 0.3) is 10.9 Å². The van der Waals surface area contributed by atoms with E-state index in [9.17, 15) is 4.39 Å². The van der Waals surface area contributed by atoms with Crippen molar-refractivity contribution in [3.63, 3.8) is 0 Å². The summed E-state index contributed by atoms with van der Waals surface area (Å²) in [5.74, 6) is -0.172. The first-order chi connectivity index (χ1) is 8.83. The van der Waals surface area contributed by atoms with Gasteiger partial charge in [-0.2, -0.15) is 0 Å². The molecule has 0 saturated carbocycles. The second-order valence-electron chi connectivity index (χ2n) is 4.67. The lowest BCUT2D eigenvalue weighted by Crippen LogP contribution is -2.38. The molecule has 18 heavy (non-hydrogen) atoms. The fourth-order valence-electron chi connectivity index (χ4n) is 2.43. The second-order valence-corrected chi connectivity index (χ2v) is 4.67. The highest BCUT2D eigenvalue weighted by Gasteiger charge is 2.10. The predicted octanol–water partition coefficient (Wildman–Crippen LogP) is 2.11. The van der Waals surface area contributed by atoms with E-state index in [4.69, 9.17) is 4.74 Å². The molecule has 0 bridgehead atoms. The van der Waals surface area contributed by atoms with Crippen LogP contribution in [0.4, 0.5) is 4.39 Å². The molecule has 1 aromatic heterocycles. The minimum atomic E-state index is -0.172. The third kappa shape index (κ3) is 2.40. The van der Waals surface area contributed by atoms with Crippen molar-refractivity contribution < 1.29 is 9.13 Å². The van der Waals surface area contributed by atoms with Crippen LogP contribution in [0, 0.1) is 5.82 Å². The van der Waals surface area contributed by atoms with Crippen LogP contribution in [0.5, 0.6) is 0 Å². The third-order valence-corrected chi connectivity index (χ3v) is 3.50. The third-order valence-electron chi connectivity index (χ3n) is 3.50. The van der Waals surface area contributed by atoms with Gasteiger partial charge < -0.3 is 9.30 Å². The number of fused-ring (bicyclic) bond motifs is 1. The molecule has 0 unspecified atom stereocenters. The molecule has 2 aromatic rings. The van der Waals surface area contributed by atoms with Crippen LogP contribution in [0.1, 0.15) is 0 Å². The van der Waals surface area contributed by atoms with Gasteiger partial charge in [-0.1, -0.05) is 0 Å². The molecular weight excluding hydrogens is 231 g/mol. The molecule has 2 heterocycles. The fourth-order valence-corrected chi connectivity index (χ4v) is 2.43. The Balaban J connectivity index is 1.72. The van der Waals surface area contributed by atoms with Gasteiger partial charge in [-0.25, -0.2) is 4.39 Å². The molecule has 1 fully saturated rings. The Kier molecular flexibility index (Phi) is 3.30. The Morgan fingerprint density at radius 1 is 1.11 bits per heavy atom. The van der Waals surface area contributed by atoms with E-state index >= 15 is 0 Å². The first kappa shape index (κ1) is 11.7. The Labute approximate surface area is 106 Å². The number of rotatable bonds is 3. The highest BCUT2D eigenvalue weighted by molar-refractivity contribution is 5.80. The molecule has 3 nitrogen and oxygen atoms in total. The van der Waals surface area contributed by atoms with E-state index < -0.39 is 0 Å². The SMILES string of the molecule is Fc1ccc2ccn(CCN3CCOCC3)c2c1. The van der Waals surface area contributed by atoms with Crippen LogP contribution >= 0.6 is 0 Å². The average Bonchev–Trinajstić information content (AvgIpc) is 2.80. The number of nitrogens with zero attached hydrogens (tertiary/aromatic N) is 2. The molecule has 1 saturated heterocycles. The van der Waals surface area contributed by atoms with Crippen molar-refractivity contribution in [1.29, 1.82) is 0 Å². The van der Waals surface area contributed by atoms with E-state index in [0.717, 1.165) is 50.3 Å². The summed E-state index contributed by atoms with van der Waals surface area (Å²) in [4.78, 5) is 2.38. The lowest BCUT2D eigenvalue weighted by molar-refractivity contribution is 0.0365. The van der Waals surface area contributed by atoms with E-state index in [1.807, 2.05) is 18.3 Å². The maximum Gasteiger partial charge on any atom is 0.125 e. The van der Waals surface area contributed by atoms with Crippen molar-refractivity contribution in [1.82, 2.24) is 9.47 Å². The van der Waals surface area contributed by atoms with Crippen LogP contribution in [0.3, 0.4) is 0 Å². The normalized spacial score (nSPS) is 17.4. The Morgan fingerprint density at radius 2 is 1.94 bits per heavy atom. The molecule has 0 radical (unpaired) electrons. The summed E-state index contributed by atoms with van der Waals surface area (Å²) in [5, 5.41) is 1.10. The molecular formula is C14H17FN2O. The molecule has 1 aliphatic rings. The zero-order valence-electron chi connectivity index (χ0n) is 10.3. The number of ether oxygens (including phenoxy) is 1. The molecule has 4 heteroatoms. The maximum atomic E-state index is 13.2. The van der Waals surface area contributed by atoms with Crippen LogP contribution in [-0.2, 0) is 11.3 Å². The van der Waals surface area contributed by atoms with Crippen LogP contribution in [-0.4, -0.2) is 42.3 Å². The fraction of sp³-hybridized carbons (Fsp3) is 0.429. The van der Waals surface area contributed by atoms with Gasteiger partial charge in [0.25, 0.3) is 0 Å². The first-order valence-electron chi connectivity index (χ1n) is 6.37. The van der Waals surface area contributed by atoms with Crippen LogP contribution < -0.4 is 0 Å². The minimum absolute atomic E-state index is 0.172. The molecule has 1 aliphatic heterocycles. The van der Waals surface area contributed by atoms with E-state index in [1.54, 1.807) is 6.07 Å². The van der Waals surface area contributed by atoms with Crippen molar-refractivity contribution in [2.75, 3.05) is 32.8 Å². The smallest absolute Gasteiger partial charge is 0.125 e. The van der Waals surface area contributed by atoms with Crippen LogP contribution in [0.15, 0.2) is 30.5 Å². The summed E-state index contributed by atoms with van der Waals surface area (Å²) in [7, 11) is 0. The van der Waals surface area contributed by atoms with Gasteiger partial charge in [0.15, 0.2) is 0 Å². The monoisotopic (exact) mass is 248 g/mol. The van der Waals surface area contributed by atoms with Crippen molar-refractivity contribution in [3.05, 3.63) is 36.3 Å². The van der Waals surface area contributed by atoms with Crippen molar-refractivity contribution in [2.24, 2.45) is 0 Å². The zero-order valence-corrected chi connectivity index (χ0v) is 10.3. The lowest BCUT2D eigenvalue weighted by atomic mass is 10.2. The lowest BCUT2D eigenvalue weighted by Gasteiger charge is -2.26. The molecule has 1 aromatic carbocycles. The van der Waals surface area contributed by atoms with Gasteiger partial charge in [0.05, 0.1) is 18.7 Å². The predicted molar refractivity (Wildman–Crippen MR) is 69.2 cm³/mol. The number of hydrogen-bond acceptors (Lipinski definition) is 2. The molecule has 0 amide bonds. The van der Waals surface area contributed by atoms with E-state index in [0.29, 0.717) is 0 Å². The summed E-state index contributed by atoms with van der Waals surface area (Å²) in [6, 6.07) is 6.98. The van der Waals surface area contributed by atoms with Gasteiger partial charge in [-0.05, 0) is 29.7 Å². The van der Waals surface area contributed by atoms with Crippen LogP contribution in [0.2, 0.25) is 0 Å². The molecule has 3 rings (SSSR count). The first-order valence-corrected chi connectivity index (χ1v) is 6.37. The molecule has 0 atom stereocenters. The van der Waals surface area contributed by atoms with Crippen molar-refractivity contribution >= 4 is 10.9 Å². The Hall–Kier alpha value is -1.39. The maximum absolute atomic E-state index is 13.2. The molecule has 0 aliphatic carbocycles. The van der Waals surface area contributed by atoms with E-state index in [1.165, 1.54) is 6.07 Å². The molecule has 0 spiro atoms. The van der Waals surface area contributed by atoms with Crippen molar-refractivity contribution in [3.8, 4) is 0 Å². The van der Waals surface area contributed by atoms with Gasteiger partial charge in [-0.3, -0.25) is 4.90 Å². The van der Waals surface area contributed by atoms with Crippen molar-refractivity contribution in [2.45, 2.75) is 6.54 Å². The minimum Gasteiger partial charge on any atom is -0.379 e. The topological polar surface area (TPSA) is 17.4 Å². The summed E-state index contributed by atoms with van der Waals surface area (Å²) < 4.78 is 20.7. The Bertz CT molecular complexity index is 532. The molecule has 96 valence electrons. The van der Waals surface area contributed by atoms with Gasteiger partial charge in [0.2, 0.25) is 0 Å². The highest BCUT2D eigenvalue weighted by Crippen LogP contribution is 2.17. The highest BCUT2D eigenvalue weighted by atomic mass is 19.1. The number of hydrogen-bond donors (Lipinski definition) is 0. The summed E-state index contributed by atoms with van der Waals surface area (Å²) >= 11 is 0. The van der Waals surface area contributed by atoms with E-state index in [2.05, 4.69) is 9.47 Å². The number of halogens is 1. The summed E-state index contributed by atoms with van der Waals surface area (Å²) in [5.41, 5.74) is 0.975. The van der Waals surface area contributed by atoms with Gasteiger partial charge in [0, 0.05) is 32.4 Å². The Morgan fingerprint density at radius 3 is 2.78 bits per heavy atom. The van der Waals surface area contributed by atoms with Gasteiger partial charge in [-0.15, -0.1) is 0 Å². The summed E-state index contributed by atoms with van der Waals surface area (Å²) in [6.07, 6.45) is 2.03. The number of aromatic nitrogens is 1. The quantitative estimate of drug-likeness (QED) is 0.827.